The number of nitrogens with one attached hydrogen (secondary N) is 2. The number of hydrogen-bond acceptors (Lipinski definition) is 5. The molecule has 0 radical (unpaired) electrons. The number of hydrazine groups is 1. The van der Waals surface area contributed by atoms with Gasteiger partial charge in [-0.2, -0.15) is 0 Å². The van der Waals surface area contributed by atoms with E-state index in [9.17, 15) is 4.79 Å². The number of benzene rings is 2. The standard InChI is InChI=1S/C21H18N6O/c22-26-21(28)20-24-18(13-5-6-17-14(9-13)7-8-23-17)10-19(25-20)27-11-15-3-1-2-4-16(15)12-27/h1-10,23H,11-12,22H2,(H,26,28). The lowest BCUT2D eigenvalue weighted by Crippen LogP contribution is -2.32. The maximum atomic E-state index is 12.2. The molecule has 0 bridgehead atoms. The quantitative estimate of drug-likeness (QED) is 0.292. The van der Waals surface area contributed by atoms with Crippen LogP contribution in [0.4, 0.5) is 5.82 Å². The van der Waals surface area contributed by atoms with Gasteiger partial charge in [0.15, 0.2) is 0 Å². The van der Waals surface area contributed by atoms with Crippen molar-refractivity contribution in [2.75, 3.05) is 4.90 Å². The van der Waals surface area contributed by atoms with Crippen LogP contribution in [-0.2, 0) is 13.1 Å². The van der Waals surface area contributed by atoms with E-state index in [1.165, 1.54) is 11.1 Å². The lowest BCUT2D eigenvalue weighted by molar-refractivity contribution is 0.0943. The highest BCUT2D eigenvalue weighted by Crippen LogP contribution is 2.30. The molecule has 2 aromatic heterocycles. The normalized spacial score (nSPS) is 13.0. The highest BCUT2D eigenvalue weighted by atomic mass is 16.2. The summed E-state index contributed by atoms with van der Waals surface area (Å²) in [6.07, 6.45) is 1.90. The van der Waals surface area contributed by atoms with Crippen molar-refractivity contribution in [2.45, 2.75) is 13.1 Å². The van der Waals surface area contributed by atoms with Gasteiger partial charge in [-0.3, -0.25) is 10.2 Å². The maximum Gasteiger partial charge on any atom is 0.303 e. The molecule has 5 rings (SSSR count). The van der Waals surface area contributed by atoms with Gasteiger partial charge in [0.2, 0.25) is 5.82 Å². The molecule has 1 aliphatic rings. The van der Waals surface area contributed by atoms with E-state index in [4.69, 9.17) is 5.84 Å². The molecule has 0 fully saturated rings. The Kier molecular flexibility index (Phi) is 3.80. The van der Waals surface area contributed by atoms with Crippen molar-refractivity contribution in [1.82, 2.24) is 20.4 Å². The summed E-state index contributed by atoms with van der Waals surface area (Å²) in [6.45, 7) is 1.49. The number of carbonyl (C=O) groups excluding carboxylic acids is 1. The Hall–Kier alpha value is -3.71. The van der Waals surface area contributed by atoms with Crippen molar-refractivity contribution in [3.05, 3.63) is 77.7 Å². The number of nitrogen functional groups attached to an aromatic ring is 1. The predicted octanol–water partition coefficient (Wildman–Crippen LogP) is 2.75. The van der Waals surface area contributed by atoms with Gasteiger partial charge in [0.1, 0.15) is 5.82 Å². The maximum absolute atomic E-state index is 12.2. The van der Waals surface area contributed by atoms with Gasteiger partial charge < -0.3 is 9.88 Å². The van der Waals surface area contributed by atoms with Crippen LogP contribution in [0.5, 0.6) is 0 Å². The number of H-pyrrole nitrogens is 1. The van der Waals surface area contributed by atoms with E-state index in [1.807, 2.05) is 48.7 Å². The van der Waals surface area contributed by atoms with Gasteiger partial charge in [-0.25, -0.2) is 15.8 Å². The molecular formula is C21H18N6O. The molecule has 0 spiro atoms. The lowest BCUT2D eigenvalue weighted by atomic mass is 10.1. The van der Waals surface area contributed by atoms with Crippen LogP contribution in [0.15, 0.2) is 60.8 Å². The largest absolute Gasteiger partial charge is 0.361 e. The Morgan fingerprint density at radius 2 is 1.82 bits per heavy atom. The van der Waals surface area contributed by atoms with E-state index in [-0.39, 0.29) is 5.82 Å². The molecule has 0 atom stereocenters. The van der Waals surface area contributed by atoms with Gasteiger partial charge in [0, 0.05) is 41.8 Å². The number of aromatic amines is 1. The first kappa shape index (κ1) is 16.5. The van der Waals surface area contributed by atoms with Crippen LogP contribution in [0.2, 0.25) is 0 Å². The summed E-state index contributed by atoms with van der Waals surface area (Å²) in [5.74, 6) is 5.58. The number of carbonyl (C=O) groups is 1. The van der Waals surface area contributed by atoms with Gasteiger partial charge in [-0.1, -0.05) is 30.3 Å². The lowest BCUT2D eigenvalue weighted by Gasteiger charge is -2.18. The molecule has 0 aliphatic carbocycles. The third-order valence-corrected chi connectivity index (χ3v) is 5.06. The van der Waals surface area contributed by atoms with Crippen molar-refractivity contribution < 1.29 is 4.79 Å². The molecule has 28 heavy (non-hydrogen) atoms. The molecule has 138 valence electrons. The van der Waals surface area contributed by atoms with Crippen LogP contribution in [0.1, 0.15) is 21.7 Å². The zero-order chi connectivity index (χ0) is 19.1. The summed E-state index contributed by atoms with van der Waals surface area (Å²) < 4.78 is 0. The van der Waals surface area contributed by atoms with E-state index in [0.717, 1.165) is 29.6 Å². The number of nitrogens with zero attached hydrogens (tertiary/aromatic N) is 3. The second-order valence-corrected chi connectivity index (χ2v) is 6.81. The molecule has 1 amide bonds. The molecule has 7 nitrogen and oxygen atoms in total. The summed E-state index contributed by atoms with van der Waals surface area (Å²) in [5.41, 5.74) is 7.31. The van der Waals surface area contributed by atoms with Gasteiger partial charge >= 0.3 is 5.91 Å². The molecule has 0 saturated carbocycles. The van der Waals surface area contributed by atoms with Crippen molar-refractivity contribution in [1.29, 1.82) is 0 Å². The van der Waals surface area contributed by atoms with Crippen LogP contribution in [0.3, 0.4) is 0 Å². The predicted molar refractivity (Wildman–Crippen MR) is 107 cm³/mol. The fourth-order valence-electron chi connectivity index (χ4n) is 3.62. The Balaban J connectivity index is 1.59. The van der Waals surface area contributed by atoms with Gasteiger partial charge in [-0.05, 0) is 29.3 Å². The zero-order valence-electron chi connectivity index (χ0n) is 15.0. The summed E-state index contributed by atoms with van der Waals surface area (Å²) in [6, 6.07) is 18.3. The number of amides is 1. The van der Waals surface area contributed by atoms with E-state index in [0.29, 0.717) is 11.5 Å². The van der Waals surface area contributed by atoms with Crippen LogP contribution >= 0.6 is 0 Å². The minimum atomic E-state index is -0.512. The molecule has 3 heterocycles. The van der Waals surface area contributed by atoms with Crippen molar-refractivity contribution in [3.63, 3.8) is 0 Å². The van der Waals surface area contributed by atoms with Crippen LogP contribution in [-0.4, -0.2) is 20.9 Å². The van der Waals surface area contributed by atoms with Crippen molar-refractivity contribution in [2.24, 2.45) is 5.84 Å². The second-order valence-electron chi connectivity index (χ2n) is 6.81. The van der Waals surface area contributed by atoms with Crippen LogP contribution in [0, 0.1) is 0 Å². The van der Waals surface area contributed by atoms with Crippen LogP contribution in [0.25, 0.3) is 22.2 Å². The monoisotopic (exact) mass is 370 g/mol. The van der Waals surface area contributed by atoms with Crippen molar-refractivity contribution in [3.8, 4) is 11.3 Å². The Bertz CT molecular complexity index is 1170. The summed E-state index contributed by atoms with van der Waals surface area (Å²) >= 11 is 0. The Morgan fingerprint density at radius 1 is 1.04 bits per heavy atom. The smallest absolute Gasteiger partial charge is 0.303 e. The molecule has 2 aromatic carbocycles. The fourth-order valence-corrected chi connectivity index (χ4v) is 3.62. The first-order chi connectivity index (χ1) is 13.7. The molecule has 4 aromatic rings. The average molecular weight is 370 g/mol. The number of aromatic nitrogens is 3. The second kappa shape index (κ2) is 6.47. The van der Waals surface area contributed by atoms with Gasteiger partial charge in [0.25, 0.3) is 0 Å². The number of hydrogen-bond donors (Lipinski definition) is 3. The average Bonchev–Trinajstić information content (AvgIpc) is 3.38. The molecule has 1 aliphatic heterocycles. The third kappa shape index (κ3) is 2.78. The summed E-state index contributed by atoms with van der Waals surface area (Å²) in [7, 11) is 0. The molecule has 0 unspecified atom stereocenters. The summed E-state index contributed by atoms with van der Waals surface area (Å²) in [5, 5.41) is 1.08. The highest BCUT2D eigenvalue weighted by molar-refractivity contribution is 5.91. The van der Waals surface area contributed by atoms with Gasteiger partial charge in [0.05, 0.1) is 5.69 Å². The highest BCUT2D eigenvalue weighted by Gasteiger charge is 2.22. The topological polar surface area (TPSA) is 99.9 Å². The van der Waals surface area contributed by atoms with Crippen molar-refractivity contribution >= 4 is 22.6 Å². The summed E-state index contributed by atoms with van der Waals surface area (Å²) in [4.78, 5) is 26.4. The zero-order valence-corrected chi connectivity index (χ0v) is 15.0. The first-order valence-electron chi connectivity index (χ1n) is 9.00. The number of fused-ring (bicyclic) bond motifs is 2. The fraction of sp³-hybridized carbons (Fsp3) is 0.0952. The van der Waals surface area contributed by atoms with Crippen LogP contribution < -0.4 is 16.2 Å². The first-order valence-corrected chi connectivity index (χ1v) is 9.00. The van der Waals surface area contributed by atoms with E-state index in [1.54, 1.807) is 0 Å². The van der Waals surface area contributed by atoms with Gasteiger partial charge in [-0.15, -0.1) is 0 Å². The minimum Gasteiger partial charge on any atom is -0.361 e. The SMILES string of the molecule is NNC(=O)c1nc(-c2ccc3[nH]ccc3c2)cc(N2Cc3ccccc3C2)n1. The molecule has 0 saturated heterocycles. The number of rotatable bonds is 3. The van der Waals surface area contributed by atoms with E-state index in [2.05, 4.69) is 37.4 Å². The Labute approximate surface area is 161 Å². The number of anilines is 1. The third-order valence-electron chi connectivity index (χ3n) is 5.06. The molecule has 4 N–H and O–H groups in total. The van der Waals surface area contributed by atoms with E-state index >= 15 is 0 Å². The molecule has 7 heteroatoms. The Morgan fingerprint density at radius 3 is 2.57 bits per heavy atom. The van der Waals surface area contributed by atoms with E-state index < -0.39 is 5.91 Å². The number of nitrogens with two attached hydrogens (primary N) is 1. The molecular weight excluding hydrogens is 352 g/mol. The minimum absolute atomic E-state index is 0.0557.